The quantitative estimate of drug-likeness (QED) is 0.880. The summed E-state index contributed by atoms with van der Waals surface area (Å²) in [5, 5.41) is 4.08. The zero-order valence-electron chi connectivity index (χ0n) is 11.0. The van der Waals surface area contributed by atoms with Crippen LogP contribution in [0.4, 0.5) is 0 Å². The molecule has 0 aromatic carbocycles. The molecular formula is C13H22N4O. The van der Waals surface area contributed by atoms with E-state index in [4.69, 9.17) is 10.3 Å². The highest BCUT2D eigenvalue weighted by Gasteiger charge is 2.31. The van der Waals surface area contributed by atoms with Crippen molar-refractivity contribution in [2.45, 2.75) is 63.6 Å². The second kappa shape index (κ2) is 4.97. The molecule has 0 bridgehead atoms. The summed E-state index contributed by atoms with van der Waals surface area (Å²) in [5.41, 5.74) is 5.86. The van der Waals surface area contributed by atoms with Crippen molar-refractivity contribution in [1.29, 1.82) is 0 Å². The molecule has 0 spiro atoms. The molecule has 2 fully saturated rings. The van der Waals surface area contributed by atoms with Crippen LogP contribution in [0.15, 0.2) is 4.52 Å². The van der Waals surface area contributed by atoms with E-state index in [-0.39, 0.29) is 0 Å². The Hall–Kier alpha value is -0.940. The van der Waals surface area contributed by atoms with Gasteiger partial charge in [0.15, 0.2) is 5.82 Å². The molecule has 1 aromatic rings. The summed E-state index contributed by atoms with van der Waals surface area (Å²) in [7, 11) is 0. The molecule has 5 heteroatoms. The number of hydrogen-bond donors (Lipinski definition) is 1. The van der Waals surface area contributed by atoms with Crippen molar-refractivity contribution in [2.75, 3.05) is 6.54 Å². The van der Waals surface area contributed by atoms with E-state index < -0.39 is 0 Å². The zero-order chi connectivity index (χ0) is 12.5. The monoisotopic (exact) mass is 250 g/mol. The molecule has 0 amide bonds. The van der Waals surface area contributed by atoms with Gasteiger partial charge in [-0.3, -0.25) is 4.90 Å². The normalized spacial score (nSPS) is 29.7. The second-order valence-electron chi connectivity index (χ2n) is 5.66. The van der Waals surface area contributed by atoms with E-state index in [0.717, 1.165) is 18.3 Å². The number of rotatable bonds is 4. The van der Waals surface area contributed by atoms with Crippen molar-refractivity contribution >= 4 is 0 Å². The van der Waals surface area contributed by atoms with Crippen molar-refractivity contribution in [1.82, 2.24) is 15.0 Å². The Morgan fingerprint density at radius 3 is 2.89 bits per heavy atom. The summed E-state index contributed by atoms with van der Waals surface area (Å²) in [6.45, 7) is 3.73. The average molecular weight is 250 g/mol. The molecule has 2 aliphatic rings. The van der Waals surface area contributed by atoms with Crippen LogP contribution in [-0.2, 0) is 6.54 Å². The first-order valence-electron chi connectivity index (χ1n) is 7.06. The van der Waals surface area contributed by atoms with E-state index in [1.54, 1.807) is 0 Å². The predicted octanol–water partition coefficient (Wildman–Crippen LogP) is 1.65. The van der Waals surface area contributed by atoms with Gasteiger partial charge < -0.3 is 10.3 Å². The molecule has 2 N–H and O–H groups in total. The maximum atomic E-state index is 5.86. The van der Waals surface area contributed by atoms with Crippen molar-refractivity contribution in [3.05, 3.63) is 11.7 Å². The van der Waals surface area contributed by atoms with Gasteiger partial charge in [-0.1, -0.05) is 11.6 Å². The predicted molar refractivity (Wildman–Crippen MR) is 68.0 cm³/mol. The lowest BCUT2D eigenvalue weighted by Gasteiger charge is -2.39. The standard InChI is InChI=1S/C13H22N4O/c1-9-3-2-4-11(7-14)17(9)8-12-15-13(16-18-12)10-5-6-10/h9-11H,2-8,14H2,1H3. The Balaban J connectivity index is 1.68. The van der Waals surface area contributed by atoms with Crippen LogP contribution in [0.5, 0.6) is 0 Å². The minimum absolute atomic E-state index is 0.463. The Kier molecular flexibility index (Phi) is 3.35. The van der Waals surface area contributed by atoms with Crippen molar-refractivity contribution in [3.8, 4) is 0 Å². The van der Waals surface area contributed by atoms with Gasteiger partial charge in [0.2, 0.25) is 5.89 Å². The number of aromatic nitrogens is 2. The molecule has 2 unspecified atom stereocenters. The highest BCUT2D eigenvalue weighted by atomic mass is 16.5. The molecule has 1 aliphatic heterocycles. The van der Waals surface area contributed by atoms with E-state index in [1.165, 1.54) is 32.1 Å². The number of hydrogen-bond acceptors (Lipinski definition) is 5. The largest absolute Gasteiger partial charge is 0.338 e. The van der Waals surface area contributed by atoms with Crippen LogP contribution in [0.2, 0.25) is 0 Å². The number of nitrogens with zero attached hydrogens (tertiary/aromatic N) is 3. The summed E-state index contributed by atoms with van der Waals surface area (Å²) in [4.78, 5) is 6.93. The number of piperidine rings is 1. The first-order chi connectivity index (χ1) is 8.78. The topological polar surface area (TPSA) is 68.2 Å². The fourth-order valence-electron chi connectivity index (χ4n) is 2.87. The third-order valence-corrected chi connectivity index (χ3v) is 4.21. The maximum Gasteiger partial charge on any atom is 0.240 e. The molecule has 5 nitrogen and oxygen atoms in total. The van der Waals surface area contributed by atoms with Crippen molar-refractivity contribution in [2.24, 2.45) is 5.73 Å². The molecular weight excluding hydrogens is 228 g/mol. The fourth-order valence-corrected chi connectivity index (χ4v) is 2.87. The van der Waals surface area contributed by atoms with Crippen molar-refractivity contribution in [3.63, 3.8) is 0 Å². The van der Waals surface area contributed by atoms with Crippen molar-refractivity contribution < 1.29 is 4.52 Å². The number of nitrogens with two attached hydrogens (primary N) is 1. The van der Waals surface area contributed by atoms with Gasteiger partial charge in [0.25, 0.3) is 0 Å². The molecule has 100 valence electrons. The summed E-state index contributed by atoms with van der Waals surface area (Å²) in [6, 6.07) is 1.02. The van der Waals surface area contributed by atoms with Gasteiger partial charge in [-0.15, -0.1) is 0 Å². The van der Waals surface area contributed by atoms with Crippen LogP contribution in [0.25, 0.3) is 0 Å². The molecule has 2 atom stereocenters. The second-order valence-corrected chi connectivity index (χ2v) is 5.66. The van der Waals surface area contributed by atoms with Crippen LogP contribution < -0.4 is 5.73 Å². The van der Waals surface area contributed by atoms with E-state index >= 15 is 0 Å². The Morgan fingerprint density at radius 1 is 1.33 bits per heavy atom. The molecule has 3 rings (SSSR count). The summed E-state index contributed by atoms with van der Waals surface area (Å²) in [5.74, 6) is 2.22. The molecule has 1 saturated carbocycles. The number of likely N-dealkylation sites (tertiary alicyclic amines) is 1. The van der Waals surface area contributed by atoms with E-state index in [1.807, 2.05) is 0 Å². The molecule has 0 radical (unpaired) electrons. The Bertz CT molecular complexity index is 401. The van der Waals surface area contributed by atoms with Gasteiger partial charge in [0.05, 0.1) is 6.54 Å². The van der Waals surface area contributed by atoms with Crippen LogP contribution in [0.3, 0.4) is 0 Å². The summed E-state index contributed by atoms with van der Waals surface area (Å²) >= 11 is 0. The van der Waals surface area contributed by atoms with E-state index in [0.29, 0.717) is 24.5 Å². The minimum Gasteiger partial charge on any atom is -0.338 e. The Morgan fingerprint density at radius 2 is 2.17 bits per heavy atom. The zero-order valence-corrected chi connectivity index (χ0v) is 11.0. The molecule has 1 saturated heterocycles. The fraction of sp³-hybridized carbons (Fsp3) is 0.846. The van der Waals surface area contributed by atoms with Crippen LogP contribution >= 0.6 is 0 Å². The smallest absolute Gasteiger partial charge is 0.240 e. The van der Waals surface area contributed by atoms with Gasteiger partial charge in [-0.2, -0.15) is 4.98 Å². The molecule has 2 heterocycles. The summed E-state index contributed by atoms with van der Waals surface area (Å²) in [6.07, 6.45) is 6.12. The first kappa shape index (κ1) is 12.1. The molecule has 1 aromatic heterocycles. The van der Waals surface area contributed by atoms with Gasteiger partial charge in [-0.25, -0.2) is 0 Å². The average Bonchev–Trinajstić information content (AvgIpc) is 3.12. The van der Waals surface area contributed by atoms with Gasteiger partial charge >= 0.3 is 0 Å². The van der Waals surface area contributed by atoms with E-state index in [9.17, 15) is 0 Å². The first-order valence-corrected chi connectivity index (χ1v) is 7.06. The lowest BCUT2D eigenvalue weighted by atomic mass is 9.96. The van der Waals surface area contributed by atoms with Gasteiger partial charge in [0, 0.05) is 24.5 Å². The summed E-state index contributed by atoms with van der Waals surface area (Å²) < 4.78 is 5.37. The van der Waals surface area contributed by atoms with Crippen LogP contribution in [-0.4, -0.2) is 33.7 Å². The maximum absolute atomic E-state index is 5.86. The van der Waals surface area contributed by atoms with Gasteiger partial charge in [-0.05, 0) is 32.6 Å². The lowest BCUT2D eigenvalue weighted by molar-refractivity contribution is 0.0770. The SMILES string of the molecule is CC1CCCC(CN)N1Cc1nc(C2CC2)no1. The third kappa shape index (κ3) is 2.42. The third-order valence-electron chi connectivity index (χ3n) is 4.21. The van der Waals surface area contributed by atoms with Crippen LogP contribution in [0.1, 0.15) is 56.7 Å². The Labute approximate surface area is 108 Å². The van der Waals surface area contributed by atoms with E-state index in [2.05, 4.69) is 22.0 Å². The van der Waals surface area contributed by atoms with Crippen LogP contribution in [0, 0.1) is 0 Å². The minimum atomic E-state index is 0.463. The molecule has 1 aliphatic carbocycles. The highest BCUT2D eigenvalue weighted by molar-refractivity contribution is 5.03. The lowest BCUT2D eigenvalue weighted by Crippen LogP contribution is -2.48. The molecule has 18 heavy (non-hydrogen) atoms. The van der Waals surface area contributed by atoms with Gasteiger partial charge in [0.1, 0.15) is 0 Å². The highest BCUT2D eigenvalue weighted by Crippen LogP contribution is 2.38.